The van der Waals surface area contributed by atoms with Crippen LogP contribution in [-0.2, 0) is 4.79 Å². The number of Topliss-reactive ketones (excluding diaryl/α,β-unsaturated/α-hetero) is 1. The van der Waals surface area contributed by atoms with Crippen LogP contribution < -0.4 is 5.32 Å². The summed E-state index contributed by atoms with van der Waals surface area (Å²) in [6, 6.07) is 0. The molecule has 0 bridgehead atoms. The number of aliphatic hydroxyl groups is 2. The van der Waals surface area contributed by atoms with Gasteiger partial charge in [-0.05, 0) is 13.5 Å². The molecule has 0 aliphatic carbocycles. The van der Waals surface area contributed by atoms with Crippen molar-refractivity contribution >= 4 is 5.78 Å². The van der Waals surface area contributed by atoms with Gasteiger partial charge in [-0.2, -0.15) is 0 Å². The first kappa shape index (κ1) is 10.6. The minimum Gasteiger partial charge on any atom is -0.394 e. The lowest BCUT2D eigenvalue weighted by atomic mass is 10.1. The molecule has 0 aliphatic heterocycles. The van der Waals surface area contributed by atoms with Crippen LogP contribution in [0, 0.1) is 0 Å². The Hall–Kier alpha value is -0.450. The molecule has 3 N–H and O–H groups in total. The van der Waals surface area contributed by atoms with Gasteiger partial charge < -0.3 is 15.5 Å². The van der Waals surface area contributed by atoms with Crippen molar-refractivity contribution in [1.29, 1.82) is 0 Å². The highest BCUT2D eigenvalue weighted by Gasteiger charge is 2.05. The third-order valence-electron chi connectivity index (χ3n) is 1.34. The number of ketones is 1. The van der Waals surface area contributed by atoms with Crippen molar-refractivity contribution in [1.82, 2.24) is 5.32 Å². The summed E-state index contributed by atoms with van der Waals surface area (Å²) in [6.45, 7) is 0.0605. The molecule has 0 heterocycles. The summed E-state index contributed by atoms with van der Waals surface area (Å²) in [5.74, 6) is 0.0556. The molecule has 4 nitrogen and oxygen atoms in total. The van der Waals surface area contributed by atoms with Crippen molar-refractivity contribution in [3.8, 4) is 0 Å². The molecule has 0 saturated heterocycles. The molecular weight excluding hydrogens is 146 g/mol. The number of aliphatic hydroxyl groups excluding tert-OH is 2. The van der Waals surface area contributed by atoms with E-state index in [1.807, 2.05) is 0 Å². The molecule has 0 aromatic carbocycles. The van der Waals surface area contributed by atoms with E-state index in [4.69, 9.17) is 10.2 Å². The molecule has 0 saturated carbocycles. The molecular formula is C7H15NO3. The molecule has 0 rings (SSSR count). The second-order valence-corrected chi connectivity index (χ2v) is 2.44. The number of likely N-dealkylation sites (N-methyl/N-ethyl adjacent to an activating group) is 1. The summed E-state index contributed by atoms with van der Waals surface area (Å²) in [5.41, 5.74) is 0. The molecule has 0 spiro atoms. The Morgan fingerprint density at radius 2 is 2.27 bits per heavy atom. The average Bonchev–Trinajstić information content (AvgIpc) is 2.01. The minimum atomic E-state index is -0.754. The summed E-state index contributed by atoms with van der Waals surface area (Å²) in [5, 5.41) is 20.0. The van der Waals surface area contributed by atoms with Crippen molar-refractivity contribution in [2.75, 3.05) is 20.2 Å². The van der Waals surface area contributed by atoms with Gasteiger partial charge >= 0.3 is 0 Å². The molecule has 0 unspecified atom stereocenters. The monoisotopic (exact) mass is 161 g/mol. The van der Waals surface area contributed by atoms with Crippen molar-refractivity contribution in [3.63, 3.8) is 0 Å². The fourth-order valence-corrected chi connectivity index (χ4v) is 0.704. The third kappa shape index (κ3) is 5.97. The predicted molar refractivity (Wildman–Crippen MR) is 41.3 cm³/mol. The van der Waals surface area contributed by atoms with E-state index in [9.17, 15) is 4.79 Å². The first-order valence-electron chi connectivity index (χ1n) is 3.66. The van der Waals surface area contributed by atoms with E-state index in [2.05, 4.69) is 5.32 Å². The molecule has 4 heteroatoms. The number of hydrogen-bond acceptors (Lipinski definition) is 4. The lowest BCUT2D eigenvalue weighted by Crippen LogP contribution is -2.21. The Morgan fingerprint density at radius 3 is 2.73 bits per heavy atom. The molecule has 0 aromatic heterocycles. The number of nitrogens with one attached hydrogen (secondary N) is 1. The highest BCUT2D eigenvalue weighted by molar-refractivity contribution is 5.80. The molecule has 11 heavy (non-hydrogen) atoms. The topological polar surface area (TPSA) is 69.6 Å². The van der Waals surface area contributed by atoms with Crippen molar-refractivity contribution in [3.05, 3.63) is 0 Å². The Balaban J connectivity index is 3.30. The second kappa shape index (κ2) is 6.27. The quantitative estimate of drug-likeness (QED) is 0.463. The smallest absolute Gasteiger partial charge is 0.146 e. The molecule has 0 aromatic rings. The van der Waals surface area contributed by atoms with Gasteiger partial charge in [-0.1, -0.05) is 0 Å². The van der Waals surface area contributed by atoms with Crippen LogP contribution >= 0.6 is 0 Å². The highest BCUT2D eigenvalue weighted by Crippen LogP contribution is 1.95. The van der Waals surface area contributed by atoms with Gasteiger partial charge in [0.15, 0.2) is 0 Å². The molecule has 1 atom stereocenters. The number of carbonyl (C=O) groups is 1. The van der Waals surface area contributed by atoms with E-state index in [1.165, 1.54) is 0 Å². The standard InChI is InChI=1S/C7H15NO3/c1-8-4-6(10)2-3-7(11)5-9/h7-9,11H,2-5H2,1H3/t7-/m0/s1. The summed E-state index contributed by atoms with van der Waals surface area (Å²) in [6.07, 6.45) is -0.0876. The largest absolute Gasteiger partial charge is 0.394 e. The minimum absolute atomic E-state index is 0.0556. The van der Waals surface area contributed by atoms with Crippen molar-refractivity contribution in [2.45, 2.75) is 18.9 Å². The van der Waals surface area contributed by atoms with E-state index < -0.39 is 6.10 Å². The van der Waals surface area contributed by atoms with Crippen LogP contribution in [-0.4, -0.2) is 42.3 Å². The zero-order chi connectivity index (χ0) is 8.69. The van der Waals surface area contributed by atoms with Crippen LogP contribution in [0.15, 0.2) is 0 Å². The predicted octanol–water partition coefficient (Wildman–Crippen LogP) is -1.09. The van der Waals surface area contributed by atoms with E-state index in [-0.39, 0.29) is 12.4 Å². The maximum absolute atomic E-state index is 10.8. The Bertz CT molecular complexity index is 116. The van der Waals surface area contributed by atoms with E-state index in [0.717, 1.165) is 0 Å². The van der Waals surface area contributed by atoms with Gasteiger partial charge in [0, 0.05) is 6.42 Å². The van der Waals surface area contributed by atoms with Gasteiger partial charge in [0.1, 0.15) is 5.78 Å². The zero-order valence-corrected chi connectivity index (χ0v) is 6.71. The Morgan fingerprint density at radius 1 is 1.64 bits per heavy atom. The van der Waals surface area contributed by atoms with Crippen LogP contribution in [0.2, 0.25) is 0 Å². The molecule has 0 aliphatic rings. The van der Waals surface area contributed by atoms with Gasteiger partial charge in [-0.3, -0.25) is 4.79 Å². The fourth-order valence-electron chi connectivity index (χ4n) is 0.704. The Kier molecular flexibility index (Phi) is 6.02. The molecule has 0 fully saturated rings. The SMILES string of the molecule is CNCC(=O)CC[C@H](O)CO. The van der Waals surface area contributed by atoms with Crippen molar-refractivity contribution in [2.24, 2.45) is 0 Å². The molecule has 66 valence electrons. The van der Waals surface area contributed by atoms with E-state index in [1.54, 1.807) is 7.05 Å². The Labute approximate surface area is 66.2 Å². The fraction of sp³-hybridized carbons (Fsp3) is 0.857. The van der Waals surface area contributed by atoms with E-state index >= 15 is 0 Å². The number of hydrogen-bond donors (Lipinski definition) is 3. The highest BCUT2D eigenvalue weighted by atomic mass is 16.3. The summed E-state index contributed by atoms with van der Waals surface area (Å²) in [7, 11) is 1.69. The first-order chi connectivity index (χ1) is 5.20. The zero-order valence-electron chi connectivity index (χ0n) is 6.71. The lowest BCUT2D eigenvalue weighted by Gasteiger charge is -2.04. The van der Waals surface area contributed by atoms with Gasteiger partial charge in [0.05, 0.1) is 19.3 Å². The molecule has 0 radical (unpaired) electrons. The van der Waals surface area contributed by atoms with Crippen LogP contribution in [0.4, 0.5) is 0 Å². The molecule has 0 amide bonds. The van der Waals surface area contributed by atoms with Gasteiger partial charge in [0.2, 0.25) is 0 Å². The van der Waals surface area contributed by atoms with Crippen LogP contribution in [0.5, 0.6) is 0 Å². The van der Waals surface area contributed by atoms with Crippen LogP contribution in [0.25, 0.3) is 0 Å². The van der Waals surface area contributed by atoms with Gasteiger partial charge in [-0.25, -0.2) is 0 Å². The van der Waals surface area contributed by atoms with E-state index in [0.29, 0.717) is 19.4 Å². The summed E-state index contributed by atoms with van der Waals surface area (Å²) >= 11 is 0. The van der Waals surface area contributed by atoms with Gasteiger partial charge in [0.25, 0.3) is 0 Å². The normalized spacial score (nSPS) is 13.0. The maximum Gasteiger partial charge on any atom is 0.146 e. The summed E-state index contributed by atoms with van der Waals surface area (Å²) in [4.78, 5) is 10.8. The average molecular weight is 161 g/mol. The summed E-state index contributed by atoms with van der Waals surface area (Å²) < 4.78 is 0. The van der Waals surface area contributed by atoms with Crippen LogP contribution in [0.1, 0.15) is 12.8 Å². The van der Waals surface area contributed by atoms with Crippen LogP contribution in [0.3, 0.4) is 0 Å². The number of carbonyl (C=O) groups excluding carboxylic acids is 1. The van der Waals surface area contributed by atoms with Crippen molar-refractivity contribution < 1.29 is 15.0 Å². The number of rotatable bonds is 6. The lowest BCUT2D eigenvalue weighted by molar-refractivity contribution is -0.118. The first-order valence-corrected chi connectivity index (χ1v) is 3.66. The third-order valence-corrected chi connectivity index (χ3v) is 1.34. The van der Waals surface area contributed by atoms with Gasteiger partial charge in [-0.15, -0.1) is 0 Å². The maximum atomic E-state index is 10.8. The second-order valence-electron chi connectivity index (χ2n) is 2.44.